The average Bonchev–Trinajstić information content (AvgIpc) is 2.33. The Bertz CT molecular complexity index is 516. The van der Waals surface area contributed by atoms with Gasteiger partial charge in [0, 0.05) is 18.4 Å². The second-order valence-corrected chi connectivity index (χ2v) is 6.30. The van der Waals surface area contributed by atoms with Crippen molar-refractivity contribution in [2.24, 2.45) is 5.73 Å². The van der Waals surface area contributed by atoms with Crippen LogP contribution in [-0.4, -0.2) is 23.3 Å². The number of rotatable bonds is 3. The third-order valence-corrected chi connectivity index (χ3v) is 4.26. The summed E-state index contributed by atoms with van der Waals surface area (Å²) in [5.74, 6) is -0.259. The predicted octanol–water partition coefficient (Wildman–Crippen LogP) is 3.56. The summed E-state index contributed by atoms with van der Waals surface area (Å²) in [7, 11) is 0. The highest BCUT2D eigenvalue weighted by Gasteiger charge is 2.27. The number of halogens is 2. The van der Waals surface area contributed by atoms with Crippen molar-refractivity contribution in [1.29, 1.82) is 0 Å². The Morgan fingerprint density at radius 1 is 1.40 bits per heavy atom. The fourth-order valence-electron chi connectivity index (χ4n) is 2.43. The quantitative estimate of drug-likeness (QED) is 0.836. The smallest absolute Gasteiger partial charge is 0.179 e. The molecule has 1 fully saturated rings. The van der Waals surface area contributed by atoms with Gasteiger partial charge in [0.25, 0.3) is 0 Å². The summed E-state index contributed by atoms with van der Waals surface area (Å²) in [6.07, 6.45) is 1.68. The minimum Gasteiger partial charge on any atom is -0.487 e. The van der Waals surface area contributed by atoms with Crippen LogP contribution < -0.4 is 10.5 Å². The van der Waals surface area contributed by atoms with E-state index in [1.807, 2.05) is 13.8 Å². The van der Waals surface area contributed by atoms with E-state index in [0.717, 1.165) is 12.8 Å². The fourth-order valence-corrected chi connectivity index (χ4v) is 3.28. The van der Waals surface area contributed by atoms with Crippen molar-refractivity contribution in [3.63, 3.8) is 0 Å². The molecule has 1 aliphatic rings. The summed E-state index contributed by atoms with van der Waals surface area (Å²) in [6, 6.07) is 3.23. The van der Waals surface area contributed by atoms with Crippen molar-refractivity contribution in [2.75, 3.05) is 0 Å². The lowest BCUT2D eigenvalue weighted by Gasteiger charge is -2.32. The van der Waals surface area contributed by atoms with Gasteiger partial charge in [0.1, 0.15) is 11.1 Å². The van der Waals surface area contributed by atoms with E-state index in [2.05, 4.69) is 15.9 Å². The molecule has 110 valence electrons. The van der Waals surface area contributed by atoms with Crippen molar-refractivity contribution >= 4 is 33.1 Å². The zero-order chi connectivity index (χ0) is 14.9. The van der Waals surface area contributed by atoms with E-state index in [0.29, 0.717) is 5.56 Å². The minimum atomic E-state index is -0.470. The molecule has 1 heterocycles. The maximum absolute atomic E-state index is 14.3. The van der Waals surface area contributed by atoms with Crippen molar-refractivity contribution < 1.29 is 13.9 Å². The maximum atomic E-state index is 14.3. The molecule has 2 rings (SSSR count). The average molecular weight is 362 g/mol. The first-order valence-corrected chi connectivity index (χ1v) is 7.68. The summed E-state index contributed by atoms with van der Waals surface area (Å²) in [5.41, 5.74) is 6.00. The molecule has 20 heavy (non-hydrogen) atoms. The largest absolute Gasteiger partial charge is 0.487 e. The van der Waals surface area contributed by atoms with Gasteiger partial charge in [0.15, 0.2) is 11.6 Å². The Labute approximate surface area is 131 Å². The predicted molar refractivity (Wildman–Crippen MR) is 83.6 cm³/mol. The molecule has 0 bridgehead atoms. The number of benzene rings is 1. The van der Waals surface area contributed by atoms with Crippen LogP contribution in [0.4, 0.5) is 4.39 Å². The molecule has 1 aromatic carbocycles. The molecule has 3 nitrogen and oxygen atoms in total. The van der Waals surface area contributed by atoms with Crippen LogP contribution in [0.25, 0.3) is 0 Å². The zero-order valence-corrected chi connectivity index (χ0v) is 13.8. The van der Waals surface area contributed by atoms with Crippen LogP contribution in [0.3, 0.4) is 0 Å². The molecular weight excluding hydrogens is 345 g/mol. The van der Waals surface area contributed by atoms with E-state index in [1.165, 1.54) is 0 Å². The lowest BCUT2D eigenvalue weighted by Crippen LogP contribution is -2.35. The third kappa shape index (κ3) is 3.48. The summed E-state index contributed by atoms with van der Waals surface area (Å²) in [6.45, 7) is 3.99. The molecule has 0 saturated carbocycles. The van der Waals surface area contributed by atoms with Crippen LogP contribution in [-0.2, 0) is 4.74 Å². The lowest BCUT2D eigenvalue weighted by atomic mass is 10.0. The van der Waals surface area contributed by atoms with Gasteiger partial charge in [-0.25, -0.2) is 4.39 Å². The number of hydrogen-bond acceptors (Lipinski definition) is 3. The summed E-state index contributed by atoms with van der Waals surface area (Å²) in [5, 5.41) is 0. The first-order chi connectivity index (χ1) is 9.38. The molecule has 0 spiro atoms. The van der Waals surface area contributed by atoms with E-state index < -0.39 is 5.82 Å². The van der Waals surface area contributed by atoms with Gasteiger partial charge in [0.05, 0.1) is 16.7 Å². The molecule has 0 amide bonds. The highest BCUT2D eigenvalue weighted by atomic mass is 79.9. The van der Waals surface area contributed by atoms with Crippen molar-refractivity contribution in [2.45, 2.75) is 45.0 Å². The van der Waals surface area contributed by atoms with Gasteiger partial charge in [-0.3, -0.25) is 0 Å². The third-order valence-electron chi connectivity index (χ3n) is 3.26. The monoisotopic (exact) mass is 361 g/mol. The van der Waals surface area contributed by atoms with Crippen molar-refractivity contribution in [3.8, 4) is 5.75 Å². The summed E-state index contributed by atoms with van der Waals surface area (Å²) >= 11 is 8.04. The van der Waals surface area contributed by atoms with Crippen LogP contribution in [0.1, 0.15) is 32.3 Å². The zero-order valence-electron chi connectivity index (χ0n) is 11.4. The van der Waals surface area contributed by atoms with Gasteiger partial charge in [-0.1, -0.05) is 12.2 Å². The van der Waals surface area contributed by atoms with Gasteiger partial charge in [-0.05, 0) is 41.9 Å². The van der Waals surface area contributed by atoms with Crippen LogP contribution in [0.15, 0.2) is 16.6 Å². The standard InChI is InChI=1S/C14H17BrFNO2S/c1-7-5-9(6-8(2)18-7)19-11-4-3-10(14(17)20)12(15)13(11)16/h3-4,7-9H,5-6H2,1-2H3,(H2,17,20). The van der Waals surface area contributed by atoms with Gasteiger partial charge < -0.3 is 15.2 Å². The number of nitrogens with two attached hydrogens (primary N) is 1. The van der Waals surface area contributed by atoms with E-state index >= 15 is 0 Å². The van der Waals surface area contributed by atoms with E-state index in [4.69, 9.17) is 27.4 Å². The summed E-state index contributed by atoms with van der Waals surface area (Å²) < 4.78 is 25.9. The molecule has 2 N–H and O–H groups in total. The Hall–Kier alpha value is -0.720. The van der Waals surface area contributed by atoms with Gasteiger partial charge in [-0.2, -0.15) is 0 Å². The molecular formula is C14H17BrFNO2S. The Kier molecular flexibility index (Phi) is 4.99. The Balaban J connectivity index is 2.18. The summed E-state index contributed by atoms with van der Waals surface area (Å²) in [4.78, 5) is 0.149. The number of ether oxygens (including phenoxy) is 2. The molecule has 6 heteroatoms. The maximum Gasteiger partial charge on any atom is 0.179 e. The Morgan fingerprint density at radius 2 is 2.00 bits per heavy atom. The minimum absolute atomic E-state index is 0.0502. The topological polar surface area (TPSA) is 44.5 Å². The lowest BCUT2D eigenvalue weighted by molar-refractivity contribution is -0.0728. The molecule has 0 aliphatic carbocycles. The first-order valence-electron chi connectivity index (χ1n) is 6.48. The van der Waals surface area contributed by atoms with E-state index in [-0.39, 0.29) is 33.5 Å². The molecule has 0 aromatic heterocycles. The number of thiocarbonyl (C=S) groups is 1. The van der Waals surface area contributed by atoms with Crippen LogP contribution in [0.5, 0.6) is 5.75 Å². The van der Waals surface area contributed by atoms with Crippen molar-refractivity contribution in [3.05, 3.63) is 28.0 Å². The molecule has 1 aromatic rings. The highest BCUT2D eigenvalue weighted by molar-refractivity contribution is 9.10. The highest BCUT2D eigenvalue weighted by Crippen LogP contribution is 2.31. The number of hydrogen-bond donors (Lipinski definition) is 1. The second kappa shape index (κ2) is 6.37. The molecule has 2 atom stereocenters. The van der Waals surface area contributed by atoms with Crippen LogP contribution in [0, 0.1) is 5.82 Å². The molecule has 0 radical (unpaired) electrons. The van der Waals surface area contributed by atoms with E-state index in [1.54, 1.807) is 12.1 Å². The van der Waals surface area contributed by atoms with Gasteiger partial charge >= 0.3 is 0 Å². The van der Waals surface area contributed by atoms with E-state index in [9.17, 15) is 4.39 Å². The molecule has 2 unspecified atom stereocenters. The molecule has 1 aliphatic heterocycles. The van der Waals surface area contributed by atoms with Gasteiger partial charge in [-0.15, -0.1) is 0 Å². The molecule has 1 saturated heterocycles. The Morgan fingerprint density at radius 3 is 2.55 bits per heavy atom. The fraction of sp³-hybridized carbons (Fsp3) is 0.500. The first kappa shape index (κ1) is 15.7. The van der Waals surface area contributed by atoms with Gasteiger partial charge in [0.2, 0.25) is 0 Å². The second-order valence-electron chi connectivity index (χ2n) is 5.07. The normalized spacial score (nSPS) is 26.3. The van der Waals surface area contributed by atoms with Crippen LogP contribution >= 0.6 is 28.1 Å². The van der Waals surface area contributed by atoms with Crippen molar-refractivity contribution in [1.82, 2.24) is 0 Å². The van der Waals surface area contributed by atoms with Crippen LogP contribution in [0.2, 0.25) is 0 Å². The SMILES string of the molecule is CC1CC(Oc2ccc(C(N)=S)c(Br)c2F)CC(C)O1.